The summed E-state index contributed by atoms with van der Waals surface area (Å²) in [5, 5.41) is 0. The van der Waals surface area contributed by atoms with Crippen LogP contribution in [0, 0.1) is 6.92 Å². The van der Waals surface area contributed by atoms with E-state index in [9.17, 15) is 4.79 Å². The van der Waals surface area contributed by atoms with Gasteiger partial charge in [0.15, 0.2) is 5.96 Å². The largest absolute Gasteiger partial charge is 0.370 e. The molecule has 0 unspecified atom stereocenters. The molecule has 5 nitrogen and oxygen atoms in total. The molecule has 2 N–H and O–H groups in total. The van der Waals surface area contributed by atoms with E-state index in [1.807, 2.05) is 30.8 Å². The topological polar surface area (TPSA) is 63.6 Å². The van der Waals surface area contributed by atoms with Crippen LogP contribution in [-0.2, 0) is 13.6 Å². The number of aromatic nitrogens is 1. The summed E-state index contributed by atoms with van der Waals surface area (Å²) < 4.78 is 1.64. The van der Waals surface area contributed by atoms with E-state index in [0.717, 1.165) is 30.3 Å². The highest BCUT2D eigenvalue weighted by Crippen LogP contribution is 2.08. The number of hydrogen-bond donors (Lipinski definition) is 1. The number of thioether (sulfide) groups is 1. The Morgan fingerprint density at radius 3 is 2.70 bits per heavy atom. The lowest BCUT2D eigenvalue weighted by molar-refractivity contribution is 0.455. The molecule has 1 saturated heterocycles. The minimum absolute atomic E-state index is 0. The molecule has 112 valence electrons. The fraction of sp³-hybridized carbons (Fsp3) is 0.538. The predicted octanol–water partition coefficient (Wildman–Crippen LogP) is 1.18. The van der Waals surface area contributed by atoms with Crippen LogP contribution in [0.4, 0.5) is 0 Å². The summed E-state index contributed by atoms with van der Waals surface area (Å²) in [6.45, 7) is 4.13. The molecule has 0 bridgehead atoms. The van der Waals surface area contributed by atoms with Crippen LogP contribution in [0.3, 0.4) is 0 Å². The Kier molecular flexibility index (Phi) is 6.87. The maximum atomic E-state index is 12.0. The first-order valence-electron chi connectivity index (χ1n) is 6.37. The first-order valence-corrected chi connectivity index (χ1v) is 7.53. The Bertz CT molecular complexity index is 538. The van der Waals surface area contributed by atoms with Crippen molar-refractivity contribution >= 4 is 41.7 Å². The predicted molar refractivity (Wildman–Crippen MR) is 96.1 cm³/mol. The number of aryl methyl sites for hydroxylation is 1. The van der Waals surface area contributed by atoms with Crippen LogP contribution in [-0.4, -0.2) is 40.0 Å². The second-order valence-corrected chi connectivity index (χ2v) is 5.86. The van der Waals surface area contributed by atoms with E-state index in [2.05, 4.69) is 9.89 Å². The number of halogens is 1. The van der Waals surface area contributed by atoms with Gasteiger partial charge in [-0.05, 0) is 19.1 Å². The van der Waals surface area contributed by atoms with E-state index in [0.29, 0.717) is 18.1 Å². The summed E-state index contributed by atoms with van der Waals surface area (Å²) in [6, 6.07) is 3.76. The minimum atomic E-state index is 0. The van der Waals surface area contributed by atoms with Crippen molar-refractivity contribution in [1.82, 2.24) is 9.47 Å². The summed E-state index contributed by atoms with van der Waals surface area (Å²) in [7, 11) is 1.77. The number of rotatable bonds is 2. The van der Waals surface area contributed by atoms with Crippen LogP contribution in [0.1, 0.15) is 11.3 Å². The number of aliphatic imine (C=N–C) groups is 1. The molecule has 0 aromatic carbocycles. The Balaban J connectivity index is 0.00000200. The first-order chi connectivity index (χ1) is 9.09. The summed E-state index contributed by atoms with van der Waals surface area (Å²) in [6.07, 6.45) is 0. The molecule has 7 heteroatoms. The van der Waals surface area contributed by atoms with Crippen LogP contribution < -0.4 is 11.3 Å². The zero-order valence-electron chi connectivity index (χ0n) is 11.8. The summed E-state index contributed by atoms with van der Waals surface area (Å²) in [5.74, 6) is 2.72. The number of nitrogens with two attached hydrogens (primary N) is 1. The molecule has 0 radical (unpaired) electrons. The normalized spacial score (nSPS) is 15.9. The summed E-state index contributed by atoms with van der Waals surface area (Å²) >= 11 is 1.93. The first kappa shape index (κ1) is 17.4. The van der Waals surface area contributed by atoms with E-state index >= 15 is 0 Å². The third kappa shape index (κ3) is 4.15. The molecule has 1 aromatic heterocycles. The van der Waals surface area contributed by atoms with Gasteiger partial charge < -0.3 is 15.2 Å². The lowest BCUT2D eigenvalue weighted by atomic mass is 10.2. The molecule has 1 aromatic rings. The van der Waals surface area contributed by atoms with Crippen molar-refractivity contribution in [3.8, 4) is 0 Å². The van der Waals surface area contributed by atoms with Crippen LogP contribution in [0.5, 0.6) is 0 Å². The van der Waals surface area contributed by atoms with Crippen LogP contribution >= 0.6 is 35.7 Å². The highest BCUT2D eigenvalue weighted by molar-refractivity contribution is 14.0. The van der Waals surface area contributed by atoms with Crippen molar-refractivity contribution in [1.29, 1.82) is 0 Å². The van der Waals surface area contributed by atoms with Gasteiger partial charge in [0.05, 0.1) is 6.54 Å². The Morgan fingerprint density at radius 1 is 1.40 bits per heavy atom. The van der Waals surface area contributed by atoms with Crippen LogP contribution in [0.2, 0.25) is 0 Å². The molecule has 1 aliphatic rings. The maximum absolute atomic E-state index is 12.0. The van der Waals surface area contributed by atoms with Crippen molar-refractivity contribution in [2.75, 3.05) is 24.6 Å². The average Bonchev–Trinajstić information content (AvgIpc) is 2.45. The van der Waals surface area contributed by atoms with Crippen molar-refractivity contribution in [3.05, 3.63) is 33.7 Å². The van der Waals surface area contributed by atoms with Gasteiger partial charge in [-0.2, -0.15) is 11.8 Å². The third-order valence-electron chi connectivity index (χ3n) is 3.38. The van der Waals surface area contributed by atoms with Gasteiger partial charge in [-0.25, -0.2) is 4.99 Å². The molecule has 0 spiro atoms. The lowest BCUT2D eigenvalue weighted by Crippen LogP contribution is -2.42. The van der Waals surface area contributed by atoms with Gasteiger partial charge in [-0.15, -0.1) is 24.0 Å². The van der Waals surface area contributed by atoms with Crippen LogP contribution in [0.25, 0.3) is 0 Å². The van der Waals surface area contributed by atoms with Gasteiger partial charge >= 0.3 is 0 Å². The van der Waals surface area contributed by atoms with Gasteiger partial charge in [-0.1, -0.05) is 0 Å². The molecule has 20 heavy (non-hydrogen) atoms. The number of guanidine groups is 1. The summed E-state index contributed by atoms with van der Waals surface area (Å²) in [5.41, 5.74) is 7.60. The standard InChI is InChI=1S/C13H20N4OS.HI/c1-10-3-4-11(12(18)16(10)2)9-15-13(14)17-5-7-19-8-6-17;/h3-4H,5-9H2,1-2H3,(H2,14,15);1H. The van der Waals surface area contributed by atoms with E-state index < -0.39 is 0 Å². The zero-order valence-corrected chi connectivity index (χ0v) is 15.0. The van der Waals surface area contributed by atoms with Gasteiger partial charge in [0, 0.05) is 42.9 Å². The quantitative estimate of drug-likeness (QED) is 0.454. The SMILES string of the molecule is Cc1ccc(CN=C(N)N2CCSCC2)c(=O)n1C.I. The van der Waals surface area contributed by atoms with Gasteiger partial charge in [0.1, 0.15) is 0 Å². The number of pyridine rings is 1. The van der Waals surface area contributed by atoms with Crippen molar-refractivity contribution < 1.29 is 0 Å². The van der Waals surface area contributed by atoms with Gasteiger partial charge in [0.25, 0.3) is 5.56 Å². The Morgan fingerprint density at radius 2 is 2.05 bits per heavy atom. The molecule has 0 saturated carbocycles. The maximum Gasteiger partial charge on any atom is 0.255 e. The van der Waals surface area contributed by atoms with Crippen molar-refractivity contribution in [2.24, 2.45) is 17.8 Å². The molecule has 0 aliphatic carbocycles. The highest BCUT2D eigenvalue weighted by Gasteiger charge is 2.12. The van der Waals surface area contributed by atoms with E-state index in [1.165, 1.54) is 0 Å². The third-order valence-corrected chi connectivity index (χ3v) is 4.32. The van der Waals surface area contributed by atoms with E-state index in [1.54, 1.807) is 11.6 Å². The Labute approximate surface area is 140 Å². The fourth-order valence-corrected chi connectivity index (χ4v) is 2.86. The molecule has 1 aliphatic heterocycles. The molecule has 2 rings (SSSR count). The minimum Gasteiger partial charge on any atom is -0.370 e. The fourth-order valence-electron chi connectivity index (χ4n) is 1.96. The average molecular weight is 408 g/mol. The Hall–Kier alpha value is -0.700. The summed E-state index contributed by atoms with van der Waals surface area (Å²) in [4.78, 5) is 18.4. The lowest BCUT2D eigenvalue weighted by Gasteiger charge is -2.27. The van der Waals surface area contributed by atoms with E-state index in [-0.39, 0.29) is 29.5 Å². The molecule has 1 fully saturated rings. The van der Waals surface area contributed by atoms with Crippen molar-refractivity contribution in [3.63, 3.8) is 0 Å². The molecular formula is C13H21IN4OS. The van der Waals surface area contributed by atoms with Gasteiger partial charge in [-0.3, -0.25) is 4.79 Å². The van der Waals surface area contributed by atoms with Gasteiger partial charge in [0.2, 0.25) is 0 Å². The monoisotopic (exact) mass is 408 g/mol. The zero-order chi connectivity index (χ0) is 13.8. The molecular weight excluding hydrogens is 387 g/mol. The molecule has 2 heterocycles. The smallest absolute Gasteiger partial charge is 0.255 e. The molecule has 0 amide bonds. The number of hydrogen-bond acceptors (Lipinski definition) is 3. The van der Waals surface area contributed by atoms with Crippen LogP contribution in [0.15, 0.2) is 21.9 Å². The van der Waals surface area contributed by atoms with E-state index in [4.69, 9.17) is 5.73 Å². The molecule has 0 atom stereocenters. The highest BCUT2D eigenvalue weighted by atomic mass is 127. The van der Waals surface area contributed by atoms with Crippen molar-refractivity contribution in [2.45, 2.75) is 13.5 Å². The second-order valence-electron chi connectivity index (χ2n) is 4.64. The number of nitrogens with zero attached hydrogens (tertiary/aromatic N) is 3. The second kappa shape index (κ2) is 7.92.